The van der Waals surface area contributed by atoms with Crippen LogP contribution >= 0.6 is 0 Å². The minimum Gasteiger partial charge on any atom is -0.355 e. The molecule has 2 aliphatic rings. The van der Waals surface area contributed by atoms with E-state index in [-0.39, 0.29) is 5.54 Å². The van der Waals surface area contributed by atoms with Gasteiger partial charge in [0.1, 0.15) is 0 Å². The summed E-state index contributed by atoms with van der Waals surface area (Å²) in [6.45, 7) is 4.57. The number of fused-ring (bicyclic) bond motifs is 2. The Balaban J connectivity index is 1.93. The molecule has 0 saturated heterocycles. The second kappa shape index (κ2) is 4.59. The first-order valence-corrected chi connectivity index (χ1v) is 8.03. The summed E-state index contributed by atoms with van der Waals surface area (Å²) < 4.78 is 0. The van der Waals surface area contributed by atoms with Crippen molar-refractivity contribution in [2.75, 3.05) is 4.90 Å². The van der Waals surface area contributed by atoms with Gasteiger partial charge in [-0.25, -0.2) is 0 Å². The summed E-state index contributed by atoms with van der Waals surface area (Å²) in [6, 6.07) is 11.5. The molecular formula is C19H22N2. The van der Waals surface area contributed by atoms with Gasteiger partial charge in [-0.15, -0.1) is 0 Å². The maximum atomic E-state index is 4.43. The van der Waals surface area contributed by atoms with Crippen molar-refractivity contribution >= 4 is 5.69 Å². The monoisotopic (exact) mass is 278 g/mol. The normalized spacial score (nSPS) is 22.8. The summed E-state index contributed by atoms with van der Waals surface area (Å²) >= 11 is 0. The minimum absolute atomic E-state index is 0.176. The first-order chi connectivity index (χ1) is 10.2. The highest BCUT2D eigenvalue weighted by Gasteiger charge is 2.50. The van der Waals surface area contributed by atoms with Crippen molar-refractivity contribution in [2.24, 2.45) is 0 Å². The summed E-state index contributed by atoms with van der Waals surface area (Å²) in [5, 5.41) is 0. The quantitative estimate of drug-likeness (QED) is 0.749. The van der Waals surface area contributed by atoms with Gasteiger partial charge in [0.15, 0.2) is 0 Å². The molecule has 0 amide bonds. The summed E-state index contributed by atoms with van der Waals surface area (Å²) in [6.07, 6.45) is 9.22. The lowest BCUT2D eigenvalue weighted by atomic mass is 9.88. The molecule has 1 aliphatic carbocycles. The first-order valence-electron chi connectivity index (χ1n) is 8.03. The highest BCUT2D eigenvalue weighted by atomic mass is 15.3. The van der Waals surface area contributed by atoms with Crippen LogP contribution in [0.1, 0.15) is 55.3 Å². The molecule has 2 aromatic rings. The van der Waals surface area contributed by atoms with Crippen molar-refractivity contribution in [3.8, 4) is 0 Å². The average Bonchev–Trinajstić information content (AvgIpc) is 3.07. The highest BCUT2D eigenvalue weighted by Crippen LogP contribution is 2.56. The molecule has 21 heavy (non-hydrogen) atoms. The standard InChI is InChI=1S/C19H22N2/c1-14-7-3-4-8-18(14)21-15(2)16-9-12-20-13-17(16)19(21)10-5-6-11-19/h3-4,7-9,12-13,15H,5-6,10-11H2,1-2H3/t15-/m0/s1. The molecule has 1 atom stereocenters. The maximum Gasteiger partial charge on any atom is 0.0678 e. The largest absolute Gasteiger partial charge is 0.355 e. The Labute approximate surface area is 126 Å². The first kappa shape index (κ1) is 12.9. The minimum atomic E-state index is 0.176. The van der Waals surface area contributed by atoms with E-state index < -0.39 is 0 Å². The zero-order chi connectivity index (χ0) is 14.4. The molecule has 1 aromatic carbocycles. The van der Waals surface area contributed by atoms with Gasteiger partial charge in [0.25, 0.3) is 0 Å². The number of pyridine rings is 1. The van der Waals surface area contributed by atoms with E-state index in [1.807, 2.05) is 6.20 Å². The van der Waals surface area contributed by atoms with Crippen molar-refractivity contribution in [3.63, 3.8) is 0 Å². The van der Waals surface area contributed by atoms with Crippen LogP contribution in [0.4, 0.5) is 5.69 Å². The molecule has 0 N–H and O–H groups in total. The van der Waals surface area contributed by atoms with E-state index in [0.717, 1.165) is 0 Å². The number of aryl methyl sites for hydroxylation is 1. The molecule has 0 bridgehead atoms. The van der Waals surface area contributed by atoms with Gasteiger partial charge in [-0.3, -0.25) is 4.98 Å². The summed E-state index contributed by atoms with van der Waals surface area (Å²) in [5.41, 5.74) is 5.88. The molecule has 108 valence electrons. The van der Waals surface area contributed by atoms with Gasteiger partial charge in [-0.1, -0.05) is 31.0 Å². The van der Waals surface area contributed by atoms with Crippen LogP contribution in [0.2, 0.25) is 0 Å². The van der Waals surface area contributed by atoms with Gasteiger partial charge in [-0.2, -0.15) is 0 Å². The molecule has 4 rings (SSSR count). The van der Waals surface area contributed by atoms with Crippen LogP contribution in [0.15, 0.2) is 42.7 Å². The van der Waals surface area contributed by atoms with E-state index in [0.29, 0.717) is 6.04 Å². The average molecular weight is 278 g/mol. The number of aromatic nitrogens is 1. The zero-order valence-corrected chi connectivity index (χ0v) is 12.8. The van der Waals surface area contributed by atoms with Crippen molar-refractivity contribution < 1.29 is 0 Å². The summed E-state index contributed by atoms with van der Waals surface area (Å²) in [5.74, 6) is 0. The number of benzene rings is 1. The fourth-order valence-electron chi connectivity index (χ4n) is 4.54. The van der Waals surface area contributed by atoms with Gasteiger partial charge in [0.05, 0.1) is 11.6 Å². The van der Waals surface area contributed by atoms with Crippen molar-refractivity contribution in [1.29, 1.82) is 0 Å². The zero-order valence-electron chi connectivity index (χ0n) is 12.8. The van der Waals surface area contributed by atoms with Gasteiger partial charge in [0, 0.05) is 23.6 Å². The van der Waals surface area contributed by atoms with Gasteiger partial charge < -0.3 is 4.90 Å². The van der Waals surface area contributed by atoms with Gasteiger partial charge in [-0.05, 0) is 49.9 Å². The molecule has 0 unspecified atom stereocenters. The van der Waals surface area contributed by atoms with Crippen LogP contribution in [0.3, 0.4) is 0 Å². The number of anilines is 1. The fraction of sp³-hybridized carbons (Fsp3) is 0.421. The Bertz CT molecular complexity index is 671. The molecule has 1 spiro atoms. The Kier molecular flexibility index (Phi) is 2.81. The molecule has 2 nitrogen and oxygen atoms in total. The van der Waals surface area contributed by atoms with Crippen LogP contribution in [-0.2, 0) is 5.54 Å². The predicted octanol–water partition coefficient (Wildman–Crippen LogP) is 4.74. The third-order valence-corrected chi connectivity index (χ3v) is 5.46. The van der Waals surface area contributed by atoms with Crippen molar-refractivity contribution in [2.45, 2.75) is 51.1 Å². The molecule has 1 fully saturated rings. The van der Waals surface area contributed by atoms with Crippen molar-refractivity contribution in [3.05, 3.63) is 59.4 Å². The maximum absolute atomic E-state index is 4.43. The van der Waals surface area contributed by atoms with E-state index in [9.17, 15) is 0 Å². The third-order valence-electron chi connectivity index (χ3n) is 5.46. The summed E-state index contributed by atoms with van der Waals surface area (Å²) in [4.78, 5) is 7.12. The Hall–Kier alpha value is -1.83. The SMILES string of the molecule is Cc1ccccc1N1[C@@H](C)c2ccncc2C12CCCC2. The van der Waals surface area contributed by atoms with E-state index in [1.54, 1.807) is 0 Å². The molecule has 2 heteroatoms. The second-order valence-corrected chi connectivity index (χ2v) is 6.53. The lowest BCUT2D eigenvalue weighted by molar-refractivity contribution is 0.415. The number of hydrogen-bond acceptors (Lipinski definition) is 2. The van der Waals surface area contributed by atoms with Gasteiger partial charge >= 0.3 is 0 Å². The Morgan fingerprint density at radius 1 is 1.14 bits per heavy atom. The number of rotatable bonds is 1. The van der Waals surface area contributed by atoms with Crippen LogP contribution in [0.25, 0.3) is 0 Å². The van der Waals surface area contributed by atoms with E-state index in [2.05, 4.69) is 60.3 Å². The lowest BCUT2D eigenvalue weighted by Gasteiger charge is -2.41. The fourth-order valence-corrected chi connectivity index (χ4v) is 4.54. The molecule has 1 aliphatic heterocycles. The van der Waals surface area contributed by atoms with Crippen molar-refractivity contribution in [1.82, 2.24) is 4.98 Å². The smallest absolute Gasteiger partial charge is 0.0678 e. The molecular weight excluding hydrogens is 256 g/mol. The third kappa shape index (κ3) is 1.68. The second-order valence-electron chi connectivity index (χ2n) is 6.53. The number of hydrogen-bond donors (Lipinski definition) is 0. The molecule has 2 heterocycles. The Morgan fingerprint density at radius 3 is 2.67 bits per heavy atom. The van der Waals surface area contributed by atoms with Crippen LogP contribution in [-0.4, -0.2) is 4.98 Å². The number of para-hydroxylation sites is 1. The van der Waals surface area contributed by atoms with E-state index in [1.165, 1.54) is 48.1 Å². The molecule has 1 saturated carbocycles. The Morgan fingerprint density at radius 2 is 1.90 bits per heavy atom. The number of nitrogens with zero attached hydrogens (tertiary/aromatic N) is 2. The van der Waals surface area contributed by atoms with Crippen LogP contribution in [0.5, 0.6) is 0 Å². The van der Waals surface area contributed by atoms with E-state index >= 15 is 0 Å². The highest BCUT2D eigenvalue weighted by molar-refractivity contribution is 5.63. The predicted molar refractivity (Wildman–Crippen MR) is 86.5 cm³/mol. The van der Waals surface area contributed by atoms with Crippen LogP contribution in [0, 0.1) is 6.92 Å². The molecule has 1 aromatic heterocycles. The van der Waals surface area contributed by atoms with Crippen LogP contribution < -0.4 is 4.90 Å². The topological polar surface area (TPSA) is 16.1 Å². The lowest BCUT2D eigenvalue weighted by Crippen LogP contribution is -2.40. The molecule has 0 radical (unpaired) electrons. The van der Waals surface area contributed by atoms with E-state index in [4.69, 9.17) is 0 Å². The summed E-state index contributed by atoms with van der Waals surface area (Å²) in [7, 11) is 0. The van der Waals surface area contributed by atoms with Gasteiger partial charge in [0.2, 0.25) is 0 Å².